The van der Waals surface area contributed by atoms with E-state index in [4.69, 9.17) is 4.74 Å². The smallest absolute Gasteiger partial charge is 0.416 e. The predicted molar refractivity (Wildman–Crippen MR) is 95.2 cm³/mol. The number of aromatic nitrogens is 1. The average molecular weight is 363 g/mol. The number of aromatic amines is 1. The Morgan fingerprint density at radius 1 is 1.08 bits per heavy atom. The molecule has 3 N–H and O–H groups in total. The van der Waals surface area contributed by atoms with Gasteiger partial charge in [-0.05, 0) is 42.8 Å². The van der Waals surface area contributed by atoms with Gasteiger partial charge in [-0.3, -0.25) is 0 Å². The van der Waals surface area contributed by atoms with Crippen LogP contribution in [0.4, 0.5) is 13.2 Å². The lowest BCUT2D eigenvalue weighted by Crippen LogP contribution is -2.83. The molecule has 3 aromatic rings. The molecule has 0 aliphatic heterocycles. The van der Waals surface area contributed by atoms with E-state index in [-0.39, 0.29) is 0 Å². The number of alkyl halides is 3. The second kappa shape index (κ2) is 7.41. The van der Waals surface area contributed by atoms with Crippen LogP contribution in [0.2, 0.25) is 0 Å². The predicted octanol–water partition coefficient (Wildman–Crippen LogP) is 3.81. The highest BCUT2D eigenvalue weighted by Gasteiger charge is 2.29. The van der Waals surface area contributed by atoms with Crippen molar-refractivity contribution in [2.45, 2.75) is 26.1 Å². The van der Waals surface area contributed by atoms with E-state index in [1.54, 1.807) is 19.2 Å². The summed E-state index contributed by atoms with van der Waals surface area (Å²) in [5, 5.41) is 3.27. The zero-order valence-electron chi connectivity index (χ0n) is 14.8. The number of halogens is 3. The molecular formula is C20H22F3N2O+. The van der Waals surface area contributed by atoms with Crippen molar-refractivity contribution in [2.75, 3.05) is 13.7 Å². The molecule has 0 aliphatic carbocycles. The van der Waals surface area contributed by atoms with Gasteiger partial charge in [-0.25, -0.2) is 0 Å². The van der Waals surface area contributed by atoms with E-state index in [9.17, 15) is 13.2 Å². The zero-order valence-corrected chi connectivity index (χ0v) is 14.8. The highest BCUT2D eigenvalue weighted by molar-refractivity contribution is 5.86. The van der Waals surface area contributed by atoms with E-state index in [1.807, 2.05) is 18.2 Å². The van der Waals surface area contributed by atoms with Crippen LogP contribution in [0.25, 0.3) is 10.9 Å². The number of hydrogen-bond donors (Lipinski definition) is 2. The molecule has 0 bridgehead atoms. The van der Waals surface area contributed by atoms with E-state index in [2.05, 4.69) is 17.2 Å². The maximum absolute atomic E-state index is 12.6. The van der Waals surface area contributed by atoms with Gasteiger partial charge < -0.3 is 15.0 Å². The number of H-pyrrole nitrogens is 1. The van der Waals surface area contributed by atoms with Crippen molar-refractivity contribution in [3.63, 3.8) is 0 Å². The molecule has 3 rings (SSSR count). The van der Waals surface area contributed by atoms with Crippen LogP contribution < -0.4 is 10.1 Å². The Bertz CT molecular complexity index is 882. The summed E-state index contributed by atoms with van der Waals surface area (Å²) in [6.07, 6.45) is -3.41. The maximum Gasteiger partial charge on any atom is 0.416 e. The minimum Gasteiger partial charge on any atom is -0.497 e. The summed E-state index contributed by atoms with van der Waals surface area (Å²) in [5.41, 5.74) is 3.75. The SMILES string of the molecule is COc1ccc2[nH]c(C)c(CC[NH2+]Cc3ccc(C(F)(F)F)cc3)c2c1. The summed E-state index contributed by atoms with van der Waals surface area (Å²) in [6, 6.07) is 11.3. The summed E-state index contributed by atoms with van der Waals surface area (Å²) in [5.74, 6) is 0.825. The molecular weight excluding hydrogens is 341 g/mol. The quantitative estimate of drug-likeness (QED) is 0.643. The van der Waals surface area contributed by atoms with Gasteiger partial charge in [0.2, 0.25) is 0 Å². The molecule has 0 amide bonds. The van der Waals surface area contributed by atoms with Gasteiger partial charge >= 0.3 is 6.18 Å². The standard InChI is InChI=1S/C20H21F3N2O/c1-13-17(18-11-16(26-2)7-8-19(18)25-13)9-10-24-12-14-3-5-15(6-4-14)20(21,22)23/h3-8,11,24-25H,9-10,12H2,1-2H3/p+1. The summed E-state index contributed by atoms with van der Waals surface area (Å²) >= 11 is 0. The van der Waals surface area contributed by atoms with Crippen molar-refractivity contribution in [1.82, 2.24) is 4.98 Å². The molecule has 1 heterocycles. The van der Waals surface area contributed by atoms with Gasteiger partial charge in [0.1, 0.15) is 12.3 Å². The summed E-state index contributed by atoms with van der Waals surface area (Å²) in [6.45, 7) is 3.56. The Balaban J connectivity index is 1.60. The monoisotopic (exact) mass is 363 g/mol. The first-order valence-corrected chi connectivity index (χ1v) is 8.51. The molecule has 0 saturated heterocycles. The Morgan fingerprint density at radius 2 is 1.81 bits per heavy atom. The van der Waals surface area contributed by atoms with Crippen LogP contribution in [0.3, 0.4) is 0 Å². The summed E-state index contributed by atoms with van der Waals surface area (Å²) in [4.78, 5) is 3.38. The fraction of sp³-hybridized carbons (Fsp3) is 0.300. The third kappa shape index (κ3) is 4.02. The summed E-state index contributed by atoms with van der Waals surface area (Å²) in [7, 11) is 1.65. The van der Waals surface area contributed by atoms with E-state index in [1.165, 1.54) is 5.56 Å². The molecule has 0 unspecified atom stereocenters. The Morgan fingerprint density at radius 3 is 2.46 bits per heavy atom. The van der Waals surface area contributed by atoms with Gasteiger partial charge in [-0.15, -0.1) is 0 Å². The first kappa shape index (κ1) is 18.3. The van der Waals surface area contributed by atoms with Crippen molar-refractivity contribution < 1.29 is 23.2 Å². The van der Waals surface area contributed by atoms with Crippen LogP contribution in [-0.4, -0.2) is 18.6 Å². The fourth-order valence-corrected chi connectivity index (χ4v) is 3.16. The van der Waals surface area contributed by atoms with Crippen LogP contribution in [0.15, 0.2) is 42.5 Å². The van der Waals surface area contributed by atoms with Crippen LogP contribution in [0, 0.1) is 6.92 Å². The molecule has 0 saturated carbocycles. The number of nitrogens with two attached hydrogens (primary N) is 1. The van der Waals surface area contributed by atoms with E-state index in [0.29, 0.717) is 6.54 Å². The number of aryl methyl sites for hydroxylation is 1. The van der Waals surface area contributed by atoms with Crippen molar-refractivity contribution in [3.8, 4) is 5.75 Å². The Kier molecular flexibility index (Phi) is 5.23. The number of nitrogens with one attached hydrogen (secondary N) is 1. The van der Waals surface area contributed by atoms with E-state index in [0.717, 1.165) is 53.0 Å². The number of hydrogen-bond acceptors (Lipinski definition) is 1. The molecule has 6 heteroatoms. The number of ether oxygens (including phenoxy) is 1. The molecule has 3 nitrogen and oxygen atoms in total. The minimum atomic E-state index is -4.28. The number of fused-ring (bicyclic) bond motifs is 1. The van der Waals surface area contributed by atoms with Gasteiger partial charge in [-0.2, -0.15) is 13.2 Å². The molecule has 1 aromatic heterocycles. The largest absolute Gasteiger partial charge is 0.497 e. The van der Waals surface area contributed by atoms with Crippen LogP contribution in [0.1, 0.15) is 22.4 Å². The number of rotatable bonds is 6. The Hall–Kier alpha value is -2.47. The van der Waals surface area contributed by atoms with Crippen LogP contribution in [0.5, 0.6) is 5.75 Å². The summed E-state index contributed by atoms with van der Waals surface area (Å²) < 4.78 is 43.1. The number of benzene rings is 2. The van der Waals surface area contributed by atoms with Gasteiger partial charge in [-0.1, -0.05) is 12.1 Å². The first-order valence-electron chi connectivity index (χ1n) is 8.51. The van der Waals surface area contributed by atoms with E-state index >= 15 is 0 Å². The lowest BCUT2D eigenvalue weighted by atomic mass is 10.1. The molecule has 0 aliphatic rings. The number of methoxy groups -OCH3 is 1. The van der Waals surface area contributed by atoms with Crippen LogP contribution >= 0.6 is 0 Å². The van der Waals surface area contributed by atoms with Crippen molar-refractivity contribution in [1.29, 1.82) is 0 Å². The third-order valence-electron chi connectivity index (χ3n) is 4.59. The molecule has 0 radical (unpaired) electrons. The second-order valence-corrected chi connectivity index (χ2v) is 6.37. The molecule has 0 spiro atoms. The van der Waals surface area contributed by atoms with Crippen molar-refractivity contribution in [2.24, 2.45) is 0 Å². The highest BCUT2D eigenvalue weighted by Crippen LogP contribution is 2.29. The molecule has 0 fully saturated rings. The topological polar surface area (TPSA) is 41.6 Å². The lowest BCUT2D eigenvalue weighted by molar-refractivity contribution is -0.670. The fourth-order valence-electron chi connectivity index (χ4n) is 3.16. The van der Waals surface area contributed by atoms with Gasteiger partial charge in [0, 0.05) is 28.6 Å². The third-order valence-corrected chi connectivity index (χ3v) is 4.59. The van der Waals surface area contributed by atoms with Crippen molar-refractivity contribution >= 4 is 10.9 Å². The molecule has 0 atom stereocenters. The molecule has 2 aromatic carbocycles. The van der Waals surface area contributed by atoms with Gasteiger partial charge in [0.05, 0.1) is 19.2 Å². The first-order chi connectivity index (χ1) is 12.4. The van der Waals surface area contributed by atoms with Crippen molar-refractivity contribution in [3.05, 3.63) is 64.8 Å². The van der Waals surface area contributed by atoms with Crippen LogP contribution in [-0.2, 0) is 19.1 Å². The zero-order chi connectivity index (χ0) is 18.7. The second-order valence-electron chi connectivity index (χ2n) is 6.37. The van der Waals surface area contributed by atoms with Gasteiger partial charge in [0.15, 0.2) is 0 Å². The van der Waals surface area contributed by atoms with E-state index < -0.39 is 11.7 Å². The number of quaternary nitrogens is 1. The molecule has 26 heavy (non-hydrogen) atoms. The molecule has 138 valence electrons. The maximum atomic E-state index is 12.6. The van der Waals surface area contributed by atoms with Gasteiger partial charge in [0.25, 0.3) is 0 Å². The highest BCUT2D eigenvalue weighted by atomic mass is 19.4. The lowest BCUT2D eigenvalue weighted by Gasteiger charge is -2.07. The Labute approximate surface area is 150 Å². The normalized spacial score (nSPS) is 11.9. The average Bonchev–Trinajstić information content (AvgIpc) is 2.93. The minimum absolute atomic E-state index is 0.607.